The summed E-state index contributed by atoms with van der Waals surface area (Å²) in [6, 6.07) is 14.2. The number of benzene rings is 2. The maximum atomic E-state index is 13.2. The molecule has 2 aliphatic heterocycles. The quantitative estimate of drug-likeness (QED) is 0.244. The first-order valence-corrected chi connectivity index (χ1v) is 15.7. The number of carbonyl (C=O) groups is 2. The standard InChI is InChI=1S/C32H30ClF3N4O3S/c33-28-26-6-5-25(43-24-11-17-39(18-12-24)23-3-1-21(2-4-23)32(34,35)36)19-27(26)44-29(28)30(41)38-22-9-15-40(16-10-22)31(42)20-7-13-37-14-8-20/h1-8,13-14,19,22,24H,9-12,15-18H2,(H,38,41). The molecule has 0 bridgehead atoms. The van der Waals surface area contributed by atoms with Crippen LogP contribution in [0, 0.1) is 0 Å². The summed E-state index contributed by atoms with van der Waals surface area (Å²) in [7, 11) is 0. The first-order valence-electron chi connectivity index (χ1n) is 14.5. The summed E-state index contributed by atoms with van der Waals surface area (Å²) >= 11 is 7.96. The number of ether oxygens (including phenoxy) is 1. The molecule has 230 valence electrons. The smallest absolute Gasteiger partial charge is 0.416 e. The minimum atomic E-state index is -4.35. The van der Waals surface area contributed by atoms with Crippen LogP contribution in [-0.4, -0.2) is 60.0 Å². The van der Waals surface area contributed by atoms with E-state index in [2.05, 4.69) is 15.2 Å². The van der Waals surface area contributed by atoms with Crippen molar-refractivity contribution >= 4 is 50.5 Å². The molecule has 7 nitrogen and oxygen atoms in total. The van der Waals surface area contributed by atoms with E-state index in [0.717, 1.165) is 40.7 Å². The Morgan fingerprint density at radius 3 is 2.27 bits per heavy atom. The minimum Gasteiger partial charge on any atom is -0.490 e. The summed E-state index contributed by atoms with van der Waals surface area (Å²) < 4.78 is 45.8. The largest absolute Gasteiger partial charge is 0.490 e. The molecule has 0 aliphatic carbocycles. The lowest BCUT2D eigenvalue weighted by Crippen LogP contribution is -2.46. The van der Waals surface area contributed by atoms with Gasteiger partial charge in [-0.1, -0.05) is 11.6 Å². The van der Waals surface area contributed by atoms with E-state index in [9.17, 15) is 22.8 Å². The third-order valence-corrected chi connectivity index (χ3v) is 9.81. The van der Waals surface area contributed by atoms with Crippen molar-refractivity contribution < 1.29 is 27.5 Å². The maximum absolute atomic E-state index is 13.2. The molecule has 2 fully saturated rings. The monoisotopic (exact) mass is 642 g/mol. The van der Waals surface area contributed by atoms with Crippen LogP contribution in [0.3, 0.4) is 0 Å². The summed E-state index contributed by atoms with van der Waals surface area (Å²) in [6.45, 7) is 2.45. The van der Waals surface area contributed by atoms with Crippen molar-refractivity contribution in [3.05, 3.63) is 88.0 Å². The van der Waals surface area contributed by atoms with Gasteiger partial charge in [0.15, 0.2) is 0 Å². The Balaban J connectivity index is 1.02. The van der Waals surface area contributed by atoms with Crippen LogP contribution in [0.1, 0.15) is 51.3 Å². The fraction of sp³-hybridized carbons (Fsp3) is 0.344. The Hall–Kier alpha value is -3.83. The Morgan fingerprint density at radius 1 is 0.932 bits per heavy atom. The van der Waals surface area contributed by atoms with Gasteiger partial charge in [0.2, 0.25) is 0 Å². The molecule has 1 N–H and O–H groups in total. The Labute approximate surface area is 261 Å². The number of nitrogens with one attached hydrogen (secondary N) is 1. The van der Waals surface area contributed by atoms with Gasteiger partial charge in [-0.3, -0.25) is 14.6 Å². The number of likely N-dealkylation sites (tertiary alicyclic amines) is 1. The number of anilines is 1. The SMILES string of the molecule is O=C(NC1CCN(C(=O)c2ccncc2)CC1)c1sc2cc(OC3CCN(c4ccc(C(F)(F)F)cc4)CC3)ccc2c1Cl. The van der Waals surface area contributed by atoms with Crippen LogP contribution in [-0.2, 0) is 6.18 Å². The lowest BCUT2D eigenvalue weighted by molar-refractivity contribution is -0.137. The van der Waals surface area contributed by atoms with Crippen molar-refractivity contribution in [2.75, 3.05) is 31.1 Å². The number of hydrogen-bond acceptors (Lipinski definition) is 6. The second-order valence-corrected chi connectivity index (χ2v) is 12.5. The summed E-state index contributed by atoms with van der Waals surface area (Å²) in [5.74, 6) is 0.419. The number of hydrogen-bond donors (Lipinski definition) is 1. The topological polar surface area (TPSA) is 74.8 Å². The molecule has 2 aromatic heterocycles. The van der Waals surface area contributed by atoms with E-state index in [0.29, 0.717) is 60.2 Å². The molecule has 0 saturated carbocycles. The van der Waals surface area contributed by atoms with Crippen molar-refractivity contribution in [1.29, 1.82) is 0 Å². The van der Waals surface area contributed by atoms with E-state index in [-0.39, 0.29) is 24.0 Å². The van der Waals surface area contributed by atoms with E-state index >= 15 is 0 Å². The molecular weight excluding hydrogens is 613 g/mol. The highest BCUT2D eigenvalue weighted by molar-refractivity contribution is 7.21. The summed E-state index contributed by atoms with van der Waals surface area (Å²) in [4.78, 5) is 34.2. The summed E-state index contributed by atoms with van der Waals surface area (Å²) in [5, 5.41) is 4.28. The first-order chi connectivity index (χ1) is 21.2. The highest BCUT2D eigenvalue weighted by Gasteiger charge is 2.31. The second kappa shape index (κ2) is 12.6. The zero-order chi connectivity index (χ0) is 30.8. The molecule has 2 aliphatic rings. The number of alkyl halides is 3. The molecule has 44 heavy (non-hydrogen) atoms. The van der Waals surface area contributed by atoms with Crippen molar-refractivity contribution in [3.63, 3.8) is 0 Å². The van der Waals surface area contributed by atoms with Crippen LogP contribution in [0.25, 0.3) is 10.1 Å². The summed E-state index contributed by atoms with van der Waals surface area (Å²) in [5.41, 5.74) is 0.715. The highest BCUT2D eigenvalue weighted by Crippen LogP contribution is 2.38. The molecule has 0 radical (unpaired) electrons. The molecular formula is C32H30ClF3N4O3S. The van der Waals surface area contributed by atoms with Gasteiger partial charge in [0.25, 0.3) is 11.8 Å². The van der Waals surface area contributed by atoms with Crippen LogP contribution in [0.4, 0.5) is 18.9 Å². The highest BCUT2D eigenvalue weighted by atomic mass is 35.5. The summed E-state index contributed by atoms with van der Waals surface area (Å²) in [6.07, 6.45) is 1.58. The van der Waals surface area contributed by atoms with Gasteiger partial charge < -0.3 is 19.9 Å². The molecule has 0 spiro atoms. The number of aromatic nitrogens is 1. The maximum Gasteiger partial charge on any atom is 0.416 e. The van der Waals surface area contributed by atoms with Gasteiger partial charge >= 0.3 is 6.18 Å². The average Bonchev–Trinajstić information content (AvgIpc) is 3.37. The number of pyridine rings is 1. The number of amides is 2. The fourth-order valence-electron chi connectivity index (χ4n) is 5.71. The molecule has 0 unspecified atom stereocenters. The molecule has 4 aromatic rings. The van der Waals surface area contributed by atoms with E-state index in [1.54, 1.807) is 29.4 Å². The number of nitrogens with zero attached hydrogens (tertiary/aromatic N) is 3. The van der Waals surface area contributed by atoms with Crippen LogP contribution in [0.15, 0.2) is 67.0 Å². The van der Waals surface area contributed by atoms with Gasteiger partial charge in [-0.25, -0.2) is 0 Å². The second-order valence-electron chi connectivity index (χ2n) is 11.0. The number of piperidine rings is 2. The third kappa shape index (κ3) is 6.63. The molecule has 2 amide bonds. The van der Waals surface area contributed by atoms with Gasteiger partial charge in [-0.05, 0) is 67.4 Å². The lowest BCUT2D eigenvalue weighted by Gasteiger charge is -2.33. The normalized spacial score (nSPS) is 16.7. The van der Waals surface area contributed by atoms with E-state index < -0.39 is 11.7 Å². The molecule has 6 rings (SSSR count). The van der Waals surface area contributed by atoms with Crippen molar-refractivity contribution in [3.8, 4) is 5.75 Å². The molecule has 0 atom stereocenters. The number of thiophene rings is 1. The third-order valence-electron chi connectivity index (χ3n) is 8.16. The van der Waals surface area contributed by atoms with E-state index in [4.69, 9.17) is 16.3 Å². The zero-order valence-electron chi connectivity index (χ0n) is 23.6. The number of carbonyl (C=O) groups excluding carboxylic acids is 2. The van der Waals surface area contributed by atoms with Gasteiger partial charge in [-0.15, -0.1) is 11.3 Å². The van der Waals surface area contributed by atoms with Gasteiger partial charge in [0.05, 0.1) is 10.6 Å². The Kier molecular flexibility index (Phi) is 8.68. The number of rotatable bonds is 6. The van der Waals surface area contributed by atoms with Crippen LogP contribution in [0.2, 0.25) is 5.02 Å². The van der Waals surface area contributed by atoms with E-state index in [1.165, 1.54) is 23.5 Å². The van der Waals surface area contributed by atoms with Gasteiger partial charge in [0, 0.05) is 78.8 Å². The Bertz CT molecular complexity index is 1630. The zero-order valence-corrected chi connectivity index (χ0v) is 25.2. The predicted octanol–water partition coefficient (Wildman–Crippen LogP) is 7.05. The average molecular weight is 643 g/mol. The van der Waals surface area contributed by atoms with Crippen molar-refractivity contribution in [2.45, 2.75) is 44.0 Å². The number of halogens is 4. The van der Waals surface area contributed by atoms with Gasteiger partial charge in [0.1, 0.15) is 16.7 Å². The molecule has 2 aromatic carbocycles. The van der Waals surface area contributed by atoms with Crippen molar-refractivity contribution in [2.24, 2.45) is 0 Å². The van der Waals surface area contributed by atoms with Crippen LogP contribution in [0.5, 0.6) is 5.75 Å². The molecule has 2 saturated heterocycles. The van der Waals surface area contributed by atoms with Crippen molar-refractivity contribution in [1.82, 2.24) is 15.2 Å². The fourth-order valence-corrected chi connectivity index (χ4v) is 7.15. The van der Waals surface area contributed by atoms with Crippen LogP contribution < -0.4 is 15.0 Å². The predicted molar refractivity (Wildman–Crippen MR) is 165 cm³/mol. The Morgan fingerprint density at radius 2 is 1.61 bits per heavy atom. The lowest BCUT2D eigenvalue weighted by atomic mass is 10.0. The first kappa shape index (κ1) is 30.2. The molecule has 4 heterocycles. The molecule has 12 heteroatoms. The minimum absolute atomic E-state index is 0.0346. The van der Waals surface area contributed by atoms with Gasteiger partial charge in [-0.2, -0.15) is 13.2 Å². The number of fused-ring (bicyclic) bond motifs is 1. The van der Waals surface area contributed by atoms with E-state index in [1.807, 2.05) is 18.2 Å². The van der Waals surface area contributed by atoms with Crippen LogP contribution >= 0.6 is 22.9 Å².